The van der Waals surface area contributed by atoms with Crippen molar-refractivity contribution in [1.82, 2.24) is 9.62 Å². The van der Waals surface area contributed by atoms with Gasteiger partial charge in [-0.1, -0.05) is 35.9 Å². The minimum absolute atomic E-state index is 0.181. The second-order valence-corrected chi connectivity index (χ2v) is 9.05. The molecule has 24 heavy (non-hydrogen) atoms. The summed E-state index contributed by atoms with van der Waals surface area (Å²) in [5.74, 6) is 0. The fourth-order valence-corrected chi connectivity index (χ4v) is 4.85. The van der Waals surface area contributed by atoms with E-state index in [9.17, 15) is 8.42 Å². The van der Waals surface area contributed by atoms with Crippen LogP contribution in [0.25, 0.3) is 0 Å². The van der Waals surface area contributed by atoms with E-state index in [1.807, 2.05) is 0 Å². The fraction of sp³-hybridized carbons (Fsp3) is 0.438. The maximum Gasteiger partial charge on any atom is 0.263 e. The highest BCUT2D eigenvalue weighted by atomic mass is 35.5. The first-order valence-electron chi connectivity index (χ1n) is 7.95. The largest absolute Gasteiger partial charge is 0.300 e. The van der Waals surface area contributed by atoms with Crippen LogP contribution in [0.2, 0.25) is 5.02 Å². The van der Waals surface area contributed by atoms with Gasteiger partial charge in [-0.3, -0.25) is 14.6 Å². The number of hydrogen-bond donors (Lipinski definition) is 1. The Morgan fingerprint density at radius 1 is 1.21 bits per heavy atom. The van der Waals surface area contributed by atoms with Crippen molar-refractivity contribution in [3.63, 3.8) is 0 Å². The van der Waals surface area contributed by atoms with E-state index in [1.54, 1.807) is 12.1 Å². The van der Waals surface area contributed by atoms with E-state index in [0.29, 0.717) is 16.7 Å². The molecule has 1 fully saturated rings. The molecule has 0 saturated carbocycles. The summed E-state index contributed by atoms with van der Waals surface area (Å²) in [7, 11) is -3.62. The number of sulfonamides is 1. The van der Waals surface area contributed by atoms with E-state index in [0.717, 1.165) is 24.5 Å². The van der Waals surface area contributed by atoms with Gasteiger partial charge in [0, 0.05) is 16.5 Å². The second-order valence-electron chi connectivity index (χ2n) is 5.81. The van der Waals surface area contributed by atoms with E-state index in [-0.39, 0.29) is 4.90 Å². The third kappa shape index (κ3) is 4.75. The first-order valence-corrected chi connectivity index (χ1v) is 10.6. The molecule has 0 spiro atoms. The SMILES string of the molecule is O=S(=O)(NC1=NC/C(=C/CN2CCCCC2)S1)c1ccc(Cl)cc1. The van der Waals surface area contributed by atoms with Gasteiger partial charge in [-0.2, -0.15) is 0 Å². The predicted octanol–water partition coefficient (Wildman–Crippen LogP) is 3.09. The summed E-state index contributed by atoms with van der Waals surface area (Å²) in [6.45, 7) is 3.74. The van der Waals surface area contributed by atoms with Crippen molar-refractivity contribution in [3.8, 4) is 0 Å². The van der Waals surface area contributed by atoms with Crippen LogP contribution in [0.1, 0.15) is 19.3 Å². The molecule has 2 aliphatic heterocycles. The summed E-state index contributed by atoms with van der Waals surface area (Å²) in [6, 6.07) is 6.09. The number of nitrogens with zero attached hydrogens (tertiary/aromatic N) is 2. The van der Waals surface area contributed by atoms with Gasteiger partial charge in [0.2, 0.25) is 0 Å². The molecular weight excluding hydrogens is 366 g/mol. The van der Waals surface area contributed by atoms with E-state index in [2.05, 4.69) is 20.7 Å². The summed E-state index contributed by atoms with van der Waals surface area (Å²) >= 11 is 7.19. The van der Waals surface area contributed by atoms with Gasteiger partial charge >= 0.3 is 0 Å². The van der Waals surface area contributed by atoms with Gasteiger partial charge in [-0.25, -0.2) is 8.42 Å². The molecule has 0 amide bonds. The molecule has 2 aliphatic rings. The van der Waals surface area contributed by atoms with Gasteiger partial charge in [0.1, 0.15) is 0 Å². The lowest BCUT2D eigenvalue weighted by Crippen LogP contribution is -2.29. The molecule has 0 bridgehead atoms. The van der Waals surface area contributed by atoms with Crippen LogP contribution >= 0.6 is 23.4 Å². The summed E-state index contributed by atoms with van der Waals surface area (Å²) in [5.41, 5.74) is 0. The average Bonchev–Trinajstić information content (AvgIpc) is 3.01. The van der Waals surface area contributed by atoms with Crippen molar-refractivity contribution in [2.24, 2.45) is 4.99 Å². The quantitative estimate of drug-likeness (QED) is 0.865. The maximum absolute atomic E-state index is 12.3. The monoisotopic (exact) mass is 385 g/mol. The Kier molecular flexibility index (Phi) is 5.86. The van der Waals surface area contributed by atoms with Crippen LogP contribution in [-0.2, 0) is 10.0 Å². The van der Waals surface area contributed by atoms with Crippen LogP contribution in [0.15, 0.2) is 45.1 Å². The summed E-state index contributed by atoms with van der Waals surface area (Å²) in [4.78, 5) is 7.98. The van der Waals surface area contributed by atoms with Crippen molar-refractivity contribution in [2.75, 3.05) is 26.2 Å². The van der Waals surface area contributed by atoms with Gasteiger partial charge in [-0.05, 0) is 50.2 Å². The van der Waals surface area contributed by atoms with Crippen molar-refractivity contribution >= 4 is 38.6 Å². The van der Waals surface area contributed by atoms with Crippen molar-refractivity contribution in [3.05, 3.63) is 40.3 Å². The minimum Gasteiger partial charge on any atom is -0.300 e. The third-order valence-corrected chi connectivity index (χ3v) is 6.70. The number of hydrogen-bond acceptors (Lipinski definition) is 5. The van der Waals surface area contributed by atoms with Gasteiger partial charge in [0.25, 0.3) is 10.0 Å². The fourth-order valence-electron chi connectivity index (χ4n) is 2.66. The first-order chi connectivity index (χ1) is 11.5. The van der Waals surface area contributed by atoms with Crippen molar-refractivity contribution < 1.29 is 8.42 Å². The molecule has 1 saturated heterocycles. The van der Waals surface area contributed by atoms with E-state index in [1.165, 1.54) is 43.2 Å². The Morgan fingerprint density at radius 2 is 1.92 bits per heavy atom. The maximum atomic E-state index is 12.3. The molecule has 0 unspecified atom stereocenters. The first kappa shape index (κ1) is 17.8. The Morgan fingerprint density at radius 3 is 2.62 bits per heavy atom. The lowest BCUT2D eigenvalue weighted by Gasteiger charge is -2.25. The summed E-state index contributed by atoms with van der Waals surface area (Å²) in [6.07, 6.45) is 6.00. The van der Waals surface area contributed by atoms with Gasteiger partial charge < -0.3 is 0 Å². The molecule has 3 rings (SSSR count). The number of amidine groups is 1. The molecule has 0 atom stereocenters. The standard InChI is InChI=1S/C16H20ClN3O2S2/c17-13-4-6-15(7-5-13)24(21,22)19-16-18-12-14(23-16)8-11-20-9-2-1-3-10-20/h4-8H,1-3,9-12H2,(H,18,19)/b14-8-. The lowest BCUT2D eigenvalue weighted by atomic mass is 10.1. The molecule has 0 aromatic heterocycles. The molecule has 8 heteroatoms. The minimum atomic E-state index is -3.62. The van der Waals surface area contributed by atoms with E-state index >= 15 is 0 Å². The highest BCUT2D eigenvalue weighted by molar-refractivity contribution is 8.18. The molecule has 5 nitrogen and oxygen atoms in total. The molecule has 0 radical (unpaired) electrons. The zero-order valence-corrected chi connectivity index (χ0v) is 15.6. The highest BCUT2D eigenvalue weighted by Gasteiger charge is 2.21. The van der Waals surface area contributed by atoms with Crippen LogP contribution < -0.4 is 4.72 Å². The van der Waals surface area contributed by atoms with Crippen LogP contribution in [0.3, 0.4) is 0 Å². The molecule has 1 aromatic carbocycles. The number of benzene rings is 1. The van der Waals surface area contributed by atoms with Crippen molar-refractivity contribution in [1.29, 1.82) is 0 Å². The zero-order valence-electron chi connectivity index (χ0n) is 13.2. The summed E-state index contributed by atoms with van der Waals surface area (Å²) in [5, 5.41) is 0.930. The van der Waals surface area contributed by atoms with Gasteiger partial charge in [-0.15, -0.1) is 0 Å². The average molecular weight is 386 g/mol. The Bertz CT molecular complexity index is 739. The van der Waals surface area contributed by atoms with E-state index in [4.69, 9.17) is 11.6 Å². The lowest BCUT2D eigenvalue weighted by molar-refractivity contribution is 0.251. The number of nitrogens with one attached hydrogen (secondary N) is 1. The topological polar surface area (TPSA) is 61.8 Å². The molecule has 1 aromatic rings. The predicted molar refractivity (Wildman–Crippen MR) is 100 cm³/mol. The zero-order chi connectivity index (χ0) is 17.0. The molecular formula is C16H20ClN3O2S2. The number of aliphatic imine (C=N–C) groups is 1. The number of likely N-dealkylation sites (tertiary alicyclic amines) is 1. The number of rotatable bonds is 4. The highest BCUT2D eigenvalue weighted by Crippen LogP contribution is 2.25. The third-order valence-electron chi connectivity index (χ3n) is 3.98. The molecule has 2 heterocycles. The Balaban J connectivity index is 1.56. The number of thioether (sulfide) groups is 1. The van der Waals surface area contributed by atoms with Crippen molar-refractivity contribution in [2.45, 2.75) is 24.2 Å². The van der Waals surface area contributed by atoms with Crippen LogP contribution in [-0.4, -0.2) is 44.7 Å². The number of piperidine rings is 1. The smallest absolute Gasteiger partial charge is 0.263 e. The second kappa shape index (κ2) is 7.91. The number of halogens is 1. The van der Waals surface area contributed by atoms with Gasteiger partial charge in [0.05, 0.1) is 11.4 Å². The van der Waals surface area contributed by atoms with Crippen LogP contribution in [0.5, 0.6) is 0 Å². The molecule has 0 aliphatic carbocycles. The van der Waals surface area contributed by atoms with E-state index < -0.39 is 10.0 Å². The van der Waals surface area contributed by atoms with Gasteiger partial charge in [0.15, 0.2) is 5.17 Å². The Labute approximate surface area is 152 Å². The Hall–Kier alpha value is -1.02. The molecule has 130 valence electrons. The normalized spacial score (nSPS) is 21.0. The van der Waals surface area contributed by atoms with Crippen LogP contribution in [0, 0.1) is 0 Å². The summed E-state index contributed by atoms with van der Waals surface area (Å²) < 4.78 is 27.2. The van der Waals surface area contributed by atoms with Crippen LogP contribution in [0.4, 0.5) is 0 Å². The molecule has 1 N–H and O–H groups in total.